The Kier molecular flexibility index (Phi) is 5.99. The van der Waals surface area contributed by atoms with E-state index in [1.807, 2.05) is 6.92 Å². The van der Waals surface area contributed by atoms with E-state index in [-0.39, 0.29) is 30.7 Å². The fourth-order valence-corrected chi connectivity index (χ4v) is 3.12. The average Bonchev–Trinajstić information content (AvgIpc) is 3.39. The molecule has 0 aliphatic carbocycles. The average molecular weight is 441 g/mol. The third kappa shape index (κ3) is 5.10. The van der Waals surface area contributed by atoms with Crippen molar-refractivity contribution in [3.05, 3.63) is 94.4 Å². The third-order valence-electron chi connectivity index (χ3n) is 4.44. The van der Waals surface area contributed by atoms with Gasteiger partial charge in [-0.05, 0) is 48.9 Å². The van der Waals surface area contributed by atoms with Gasteiger partial charge in [-0.3, -0.25) is 10.1 Å². The van der Waals surface area contributed by atoms with Gasteiger partial charge in [-0.1, -0.05) is 29.8 Å². The van der Waals surface area contributed by atoms with Crippen molar-refractivity contribution in [3.63, 3.8) is 0 Å². The SMILES string of the molecule is Cc1cc(Cl)ccc1OCc1ccc(C(=O)Nc2ncn(Cc3ccccc3F)n2)o1. The second kappa shape index (κ2) is 9.01. The molecular weight excluding hydrogens is 423 g/mol. The molecule has 0 unspecified atom stereocenters. The highest BCUT2D eigenvalue weighted by atomic mass is 35.5. The molecule has 4 aromatic rings. The lowest BCUT2D eigenvalue weighted by molar-refractivity contribution is 0.0991. The van der Waals surface area contributed by atoms with Crippen molar-refractivity contribution in [2.24, 2.45) is 0 Å². The number of hydrogen-bond donors (Lipinski definition) is 1. The Labute approximate surface area is 182 Å². The van der Waals surface area contributed by atoms with Gasteiger partial charge in [0.1, 0.15) is 30.3 Å². The first kappa shape index (κ1) is 20.6. The quantitative estimate of drug-likeness (QED) is 0.444. The molecule has 0 spiro atoms. The molecule has 2 heterocycles. The van der Waals surface area contributed by atoms with E-state index in [0.717, 1.165) is 5.56 Å². The molecule has 0 radical (unpaired) electrons. The molecule has 1 amide bonds. The predicted octanol–water partition coefficient (Wildman–Crippen LogP) is 4.85. The van der Waals surface area contributed by atoms with Crippen molar-refractivity contribution in [2.75, 3.05) is 5.32 Å². The second-order valence-corrected chi connectivity index (χ2v) is 7.21. The fraction of sp³-hybridized carbons (Fsp3) is 0.136. The van der Waals surface area contributed by atoms with Crippen LogP contribution in [-0.2, 0) is 13.2 Å². The molecule has 0 aliphatic heterocycles. The lowest BCUT2D eigenvalue weighted by Crippen LogP contribution is -2.12. The van der Waals surface area contributed by atoms with Crippen molar-refractivity contribution >= 4 is 23.5 Å². The summed E-state index contributed by atoms with van der Waals surface area (Å²) in [5.41, 5.74) is 1.37. The summed E-state index contributed by atoms with van der Waals surface area (Å²) in [4.78, 5) is 16.4. The van der Waals surface area contributed by atoms with Gasteiger partial charge >= 0.3 is 0 Å². The van der Waals surface area contributed by atoms with Crippen LogP contribution in [0.4, 0.5) is 10.3 Å². The van der Waals surface area contributed by atoms with Crippen LogP contribution < -0.4 is 10.1 Å². The van der Waals surface area contributed by atoms with Gasteiger partial charge in [0, 0.05) is 10.6 Å². The van der Waals surface area contributed by atoms with Crippen molar-refractivity contribution in [1.29, 1.82) is 0 Å². The topological polar surface area (TPSA) is 82.2 Å². The van der Waals surface area contributed by atoms with Gasteiger partial charge in [-0.15, -0.1) is 5.10 Å². The van der Waals surface area contributed by atoms with Crippen molar-refractivity contribution in [1.82, 2.24) is 14.8 Å². The van der Waals surface area contributed by atoms with E-state index in [4.69, 9.17) is 20.8 Å². The smallest absolute Gasteiger partial charge is 0.293 e. The first-order chi connectivity index (χ1) is 15.0. The van der Waals surface area contributed by atoms with Crippen LogP contribution >= 0.6 is 11.6 Å². The molecule has 2 aromatic heterocycles. The van der Waals surface area contributed by atoms with E-state index in [0.29, 0.717) is 22.1 Å². The Balaban J connectivity index is 1.35. The van der Waals surface area contributed by atoms with Crippen molar-refractivity contribution < 1.29 is 18.3 Å². The van der Waals surface area contributed by atoms with E-state index in [1.54, 1.807) is 48.5 Å². The maximum Gasteiger partial charge on any atom is 0.293 e. The number of amides is 1. The molecule has 0 fully saturated rings. The molecule has 0 bridgehead atoms. The van der Waals surface area contributed by atoms with Crippen LogP contribution in [0.25, 0.3) is 0 Å². The Morgan fingerprint density at radius 2 is 2.06 bits per heavy atom. The highest BCUT2D eigenvalue weighted by Gasteiger charge is 2.15. The van der Waals surface area contributed by atoms with Crippen LogP contribution in [-0.4, -0.2) is 20.7 Å². The summed E-state index contributed by atoms with van der Waals surface area (Å²) >= 11 is 5.94. The number of aryl methyl sites for hydroxylation is 1. The number of carbonyl (C=O) groups is 1. The summed E-state index contributed by atoms with van der Waals surface area (Å²) in [6.07, 6.45) is 1.41. The van der Waals surface area contributed by atoms with Gasteiger partial charge in [0.25, 0.3) is 5.91 Å². The summed E-state index contributed by atoms with van der Waals surface area (Å²) in [7, 11) is 0. The van der Waals surface area contributed by atoms with Gasteiger partial charge in [0.05, 0.1) is 6.54 Å². The lowest BCUT2D eigenvalue weighted by Gasteiger charge is -2.07. The number of nitrogens with one attached hydrogen (secondary N) is 1. The molecule has 1 N–H and O–H groups in total. The van der Waals surface area contributed by atoms with Gasteiger partial charge in [-0.25, -0.2) is 14.1 Å². The lowest BCUT2D eigenvalue weighted by atomic mass is 10.2. The molecule has 158 valence electrons. The number of carbonyl (C=O) groups excluding carboxylic acids is 1. The zero-order valence-corrected chi connectivity index (χ0v) is 17.3. The minimum Gasteiger partial charge on any atom is -0.485 e. The molecule has 0 atom stereocenters. The summed E-state index contributed by atoms with van der Waals surface area (Å²) in [6, 6.07) is 14.9. The van der Waals surface area contributed by atoms with Crippen LogP contribution in [0, 0.1) is 12.7 Å². The summed E-state index contributed by atoms with van der Waals surface area (Å²) in [5, 5.41) is 7.33. The second-order valence-electron chi connectivity index (χ2n) is 6.78. The molecule has 2 aromatic carbocycles. The van der Waals surface area contributed by atoms with E-state index < -0.39 is 5.91 Å². The Hall–Kier alpha value is -3.65. The van der Waals surface area contributed by atoms with E-state index >= 15 is 0 Å². The first-order valence-electron chi connectivity index (χ1n) is 9.40. The first-order valence-corrected chi connectivity index (χ1v) is 9.77. The van der Waals surface area contributed by atoms with Crippen LogP contribution in [0.1, 0.15) is 27.4 Å². The Bertz CT molecular complexity index is 1220. The van der Waals surface area contributed by atoms with Gasteiger partial charge < -0.3 is 9.15 Å². The van der Waals surface area contributed by atoms with E-state index in [1.165, 1.54) is 17.1 Å². The molecule has 0 saturated carbocycles. The molecule has 0 saturated heterocycles. The predicted molar refractivity (Wildman–Crippen MR) is 113 cm³/mol. The third-order valence-corrected chi connectivity index (χ3v) is 4.68. The molecule has 9 heteroatoms. The number of nitrogens with zero attached hydrogens (tertiary/aromatic N) is 3. The highest BCUT2D eigenvalue weighted by molar-refractivity contribution is 6.30. The number of ether oxygens (including phenoxy) is 1. The number of anilines is 1. The zero-order chi connectivity index (χ0) is 21.8. The highest BCUT2D eigenvalue weighted by Crippen LogP contribution is 2.23. The van der Waals surface area contributed by atoms with Crippen LogP contribution in [0.3, 0.4) is 0 Å². The van der Waals surface area contributed by atoms with Crippen LogP contribution in [0.15, 0.2) is 65.3 Å². The Morgan fingerprint density at radius 3 is 2.87 bits per heavy atom. The van der Waals surface area contributed by atoms with Gasteiger partial charge in [0.2, 0.25) is 5.95 Å². The van der Waals surface area contributed by atoms with Gasteiger partial charge in [-0.2, -0.15) is 0 Å². The van der Waals surface area contributed by atoms with E-state index in [2.05, 4.69) is 15.4 Å². The maximum atomic E-state index is 13.8. The standard InChI is InChI=1S/C22H18ClFN4O3/c1-14-10-16(23)6-8-19(14)30-12-17-7-9-20(31-17)21(29)26-22-25-13-28(27-22)11-15-4-2-3-5-18(15)24/h2-10,13H,11-12H2,1H3,(H,26,27,29). The maximum absolute atomic E-state index is 13.8. The van der Waals surface area contributed by atoms with Gasteiger partial charge in [0.15, 0.2) is 5.76 Å². The molecule has 0 aliphatic rings. The van der Waals surface area contributed by atoms with Crippen molar-refractivity contribution in [3.8, 4) is 5.75 Å². The summed E-state index contributed by atoms with van der Waals surface area (Å²) in [6.45, 7) is 2.24. The number of aromatic nitrogens is 3. The monoisotopic (exact) mass is 440 g/mol. The number of halogens is 2. The Morgan fingerprint density at radius 1 is 1.23 bits per heavy atom. The van der Waals surface area contributed by atoms with E-state index in [9.17, 15) is 9.18 Å². The summed E-state index contributed by atoms with van der Waals surface area (Å²) in [5.74, 6) is 0.512. The fourth-order valence-electron chi connectivity index (χ4n) is 2.89. The molecule has 31 heavy (non-hydrogen) atoms. The minimum absolute atomic E-state index is 0.0901. The van der Waals surface area contributed by atoms with Crippen LogP contribution in [0.5, 0.6) is 5.75 Å². The normalized spacial score (nSPS) is 10.8. The number of benzene rings is 2. The minimum atomic E-state index is -0.502. The number of rotatable bonds is 7. The number of hydrogen-bond acceptors (Lipinski definition) is 5. The molecule has 4 rings (SSSR count). The largest absolute Gasteiger partial charge is 0.485 e. The summed E-state index contributed by atoms with van der Waals surface area (Å²) < 4.78 is 26.5. The van der Waals surface area contributed by atoms with Crippen molar-refractivity contribution in [2.45, 2.75) is 20.1 Å². The zero-order valence-electron chi connectivity index (χ0n) is 16.5. The molecular formula is C22H18ClFN4O3. The molecule has 7 nitrogen and oxygen atoms in total. The number of furan rings is 1. The van der Waals surface area contributed by atoms with Crippen LogP contribution in [0.2, 0.25) is 5.02 Å².